The number of aliphatic carboxylic acids is 1. The smallest absolute Gasteiger partial charge is 0.359 e. The quantitative estimate of drug-likeness (QED) is 0.162. The van der Waals surface area contributed by atoms with E-state index in [1.165, 1.54) is 6.92 Å². The lowest BCUT2D eigenvalue weighted by Gasteiger charge is -2.22. The van der Waals surface area contributed by atoms with Gasteiger partial charge in [-0.05, 0) is 19.8 Å². The van der Waals surface area contributed by atoms with Crippen molar-refractivity contribution in [1.82, 2.24) is 0 Å². The zero-order valence-electron chi connectivity index (χ0n) is 17.5. The molecule has 2 N–H and O–H groups in total. The molecule has 0 bridgehead atoms. The number of carbonyl (C=O) groups is 5. The minimum atomic E-state index is -2.84. The fraction of sp³-hybridized carbons (Fsp3) is 0.737. The first kappa shape index (κ1) is 27.3. The predicted molar refractivity (Wildman–Crippen MR) is 100 cm³/mol. The third-order valence-electron chi connectivity index (χ3n) is 3.74. The van der Waals surface area contributed by atoms with Gasteiger partial charge >= 0.3 is 29.8 Å². The molecule has 0 aromatic carbocycles. The molecule has 0 saturated carbocycles. The zero-order chi connectivity index (χ0) is 23.2. The van der Waals surface area contributed by atoms with E-state index < -0.39 is 54.4 Å². The Morgan fingerprint density at radius 1 is 0.800 bits per heavy atom. The van der Waals surface area contributed by atoms with E-state index in [2.05, 4.69) is 4.74 Å². The number of aliphatic hydroxyl groups is 1. The Kier molecular flexibility index (Phi) is 13.0. The first-order chi connectivity index (χ1) is 14.1. The molecular formula is C19H30O11. The van der Waals surface area contributed by atoms with Crippen LogP contribution < -0.4 is 0 Å². The largest absolute Gasteiger partial charge is 0.479 e. The molecular weight excluding hydrogens is 404 g/mol. The van der Waals surface area contributed by atoms with E-state index in [-0.39, 0.29) is 19.8 Å². The van der Waals surface area contributed by atoms with Crippen molar-refractivity contribution in [2.75, 3.05) is 19.8 Å². The van der Waals surface area contributed by atoms with Gasteiger partial charge < -0.3 is 29.2 Å². The lowest BCUT2D eigenvalue weighted by Crippen LogP contribution is -2.45. The average molecular weight is 434 g/mol. The van der Waals surface area contributed by atoms with E-state index in [1.54, 1.807) is 0 Å². The van der Waals surface area contributed by atoms with E-state index in [9.17, 15) is 34.2 Å². The molecule has 1 unspecified atom stereocenters. The molecule has 172 valence electrons. The zero-order valence-corrected chi connectivity index (χ0v) is 17.5. The molecule has 0 amide bonds. The molecule has 11 heteroatoms. The van der Waals surface area contributed by atoms with Crippen LogP contribution in [0.3, 0.4) is 0 Å². The summed E-state index contributed by atoms with van der Waals surface area (Å²) in [6.45, 7) is 5.07. The lowest BCUT2D eigenvalue weighted by molar-refractivity contribution is -0.185. The van der Waals surface area contributed by atoms with Gasteiger partial charge in [0.05, 0.1) is 32.7 Å². The molecule has 0 aliphatic carbocycles. The monoisotopic (exact) mass is 434 g/mol. The summed E-state index contributed by atoms with van der Waals surface area (Å²) in [4.78, 5) is 59.3. The van der Waals surface area contributed by atoms with Crippen LogP contribution in [0.1, 0.15) is 59.3 Å². The van der Waals surface area contributed by atoms with E-state index >= 15 is 0 Å². The SMILES string of the molecule is CCCCOC(=O)C(OC(=O)CC(O)(CC(=O)OCC)C(=O)O)C(=O)OCCCC. The number of carbonyl (C=O) groups excluding carboxylic acids is 4. The summed E-state index contributed by atoms with van der Waals surface area (Å²) in [5.74, 6) is -6.69. The summed E-state index contributed by atoms with van der Waals surface area (Å²) in [5.41, 5.74) is -2.84. The van der Waals surface area contributed by atoms with Crippen LogP contribution in [0.4, 0.5) is 0 Å². The number of rotatable bonds is 15. The van der Waals surface area contributed by atoms with Crippen LogP contribution in [-0.2, 0) is 42.9 Å². The second-order valence-corrected chi connectivity index (χ2v) is 6.41. The van der Waals surface area contributed by atoms with Gasteiger partial charge in [-0.3, -0.25) is 9.59 Å². The Morgan fingerprint density at radius 2 is 1.27 bits per heavy atom. The summed E-state index contributed by atoms with van der Waals surface area (Å²) in [6, 6.07) is 0. The highest BCUT2D eigenvalue weighted by Crippen LogP contribution is 2.19. The van der Waals surface area contributed by atoms with Gasteiger partial charge in [0.25, 0.3) is 6.10 Å². The number of ether oxygens (including phenoxy) is 4. The van der Waals surface area contributed by atoms with Gasteiger partial charge in [-0.2, -0.15) is 0 Å². The van der Waals surface area contributed by atoms with Crippen molar-refractivity contribution in [3.05, 3.63) is 0 Å². The highest BCUT2D eigenvalue weighted by molar-refractivity contribution is 6.00. The first-order valence-corrected chi connectivity index (χ1v) is 9.75. The van der Waals surface area contributed by atoms with E-state index in [0.29, 0.717) is 25.7 Å². The van der Waals surface area contributed by atoms with E-state index in [0.717, 1.165) is 0 Å². The highest BCUT2D eigenvalue weighted by atomic mass is 16.6. The van der Waals surface area contributed by atoms with Gasteiger partial charge in [0.15, 0.2) is 5.60 Å². The number of carboxylic acid groups (broad SMARTS) is 1. The normalized spacial score (nSPS) is 12.6. The molecule has 0 radical (unpaired) electrons. The van der Waals surface area contributed by atoms with Crippen LogP contribution in [-0.4, -0.2) is 71.6 Å². The first-order valence-electron chi connectivity index (χ1n) is 9.75. The van der Waals surface area contributed by atoms with Crippen LogP contribution in [0.5, 0.6) is 0 Å². The van der Waals surface area contributed by atoms with Crippen LogP contribution in [0.2, 0.25) is 0 Å². The van der Waals surface area contributed by atoms with Gasteiger partial charge in [-0.1, -0.05) is 26.7 Å². The molecule has 0 rings (SSSR count). The average Bonchev–Trinajstić information content (AvgIpc) is 2.66. The topological polar surface area (TPSA) is 163 Å². The van der Waals surface area contributed by atoms with Crippen LogP contribution in [0.25, 0.3) is 0 Å². The van der Waals surface area contributed by atoms with Crippen molar-refractivity contribution in [2.45, 2.75) is 71.0 Å². The van der Waals surface area contributed by atoms with Gasteiger partial charge in [0, 0.05) is 0 Å². The standard InChI is InChI=1S/C19H30O11/c1-4-7-9-28-16(22)15(17(23)29-10-8-5-2)30-14(21)12-19(26,18(24)25)11-13(20)27-6-3/h15,26H,4-12H2,1-3H3,(H,24,25). The minimum Gasteiger partial charge on any atom is -0.479 e. The third-order valence-corrected chi connectivity index (χ3v) is 3.74. The summed E-state index contributed by atoms with van der Waals surface area (Å²) in [5, 5.41) is 19.3. The second-order valence-electron chi connectivity index (χ2n) is 6.41. The van der Waals surface area contributed by atoms with Crippen LogP contribution in [0.15, 0.2) is 0 Å². The summed E-state index contributed by atoms with van der Waals surface area (Å²) in [6.07, 6.45) is -1.88. The molecule has 0 fully saturated rings. The van der Waals surface area contributed by atoms with Crippen molar-refractivity contribution < 1.29 is 53.1 Å². The number of esters is 4. The third kappa shape index (κ3) is 10.2. The number of unbranched alkanes of at least 4 members (excludes halogenated alkanes) is 2. The predicted octanol–water partition coefficient (Wildman–Crippen LogP) is 0.744. The second kappa shape index (κ2) is 14.3. The lowest BCUT2D eigenvalue weighted by atomic mass is 9.96. The summed E-state index contributed by atoms with van der Waals surface area (Å²) < 4.78 is 19.1. The van der Waals surface area contributed by atoms with Crippen molar-refractivity contribution in [3.63, 3.8) is 0 Å². The maximum atomic E-state index is 12.2. The fourth-order valence-electron chi connectivity index (χ4n) is 2.05. The molecule has 0 aliphatic rings. The van der Waals surface area contributed by atoms with Crippen molar-refractivity contribution in [2.24, 2.45) is 0 Å². The summed E-state index contributed by atoms with van der Waals surface area (Å²) in [7, 11) is 0. The van der Waals surface area contributed by atoms with Crippen LogP contribution in [0, 0.1) is 0 Å². The van der Waals surface area contributed by atoms with Crippen molar-refractivity contribution >= 4 is 29.8 Å². The molecule has 1 atom stereocenters. The van der Waals surface area contributed by atoms with E-state index in [1.807, 2.05) is 13.8 Å². The molecule has 0 aliphatic heterocycles. The van der Waals surface area contributed by atoms with Crippen molar-refractivity contribution in [1.29, 1.82) is 0 Å². The summed E-state index contributed by atoms with van der Waals surface area (Å²) >= 11 is 0. The van der Waals surface area contributed by atoms with Crippen LogP contribution >= 0.6 is 0 Å². The number of hydrogen-bond acceptors (Lipinski definition) is 10. The molecule has 11 nitrogen and oxygen atoms in total. The molecule has 0 saturated heterocycles. The highest BCUT2D eigenvalue weighted by Gasteiger charge is 2.44. The van der Waals surface area contributed by atoms with Gasteiger partial charge in [-0.15, -0.1) is 0 Å². The molecule has 0 aromatic rings. The maximum absolute atomic E-state index is 12.2. The Morgan fingerprint density at radius 3 is 1.67 bits per heavy atom. The maximum Gasteiger partial charge on any atom is 0.359 e. The minimum absolute atomic E-state index is 0.0203. The molecule has 0 heterocycles. The molecule has 30 heavy (non-hydrogen) atoms. The Bertz CT molecular complexity index is 579. The Hall–Kier alpha value is -2.69. The Labute approximate surface area is 174 Å². The fourth-order valence-corrected chi connectivity index (χ4v) is 2.05. The van der Waals surface area contributed by atoms with Gasteiger partial charge in [-0.25, -0.2) is 14.4 Å². The van der Waals surface area contributed by atoms with Crippen molar-refractivity contribution in [3.8, 4) is 0 Å². The number of carboxylic acids is 1. The molecule has 0 spiro atoms. The Balaban J connectivity index is 5.25. The number of hydrogen-bond donors (Lipinski definition) is 2. The molecule has 0 aromatic heterocycles. The van der Waals surface area contributed by atoms with E-state index in [4.69, 9.17) is 14.2 Å². The van der Waals surface area contributed by atoms with Gasteiger partial charge in [0.1, 0.15) is 0 Å². The van der Waals surface area contributed by atoms with Gasteiger partial charge in [0.2, 0.25) is 0 Å².